The molecule has 0 bridgehead atoms. The fourth-order valence-corrected chi connectivity index (χ4v) is 2.14. The highest BCUT2D eigenvalue weighted by Crippen LogP contribution is 2.40. The number of guanidine groups is 1. The zero-order valence-corrected chi connectivity index (χ0v) is 14.1. The van der Waals surface area contributed by atoms with Crippen molar-refractivity contribution >= 4 is 29.9 Å². The summed E-state index contributed by atoms with van der Waals surface area (Å²) >= 11 is 0. The Balaban J connectivity index is 0.00000180. The first kappa shape index (κ1) is 16.3. The lowest BCUT2D eigenvalue weighted by molar-refractivity contribution is 0.789. The smallest absolute Gasteiger partial charge is 0.191 e. The van der Waals surface area contributed by atoms with E-state index in [0.717, 1.165) is 25.5 Å². The van der Waals surface area contributed by atoms with Crippen LogP contribution in [0.4, 0.5) is 0 Å². The van der Waals surface area contributed by atoms with E-state index < -0.39 is 0 Å². The molecule has 2 rings (SSSR count). The second-order valence-electron chi connectivity index (χ2n) is 4.76. The number of benzene rings is 1. The molecule has 19 heavy (non-hydrogen) atoms. The highest BCUT2D eigenvalue weighted by atomic mass is 127. The fourth-order valence-electron chi connectivity index (χ4n) is 2.14. The van der Waals surface area contributed by atoms with Gasteiger partial charge in [0.2, 0.25) is 0 Å². The van der Waals surface area contributed by atoms with E-state index in [1.807, 2.05) is 0 Å². The number of hydrogen-bond acceptors (Lipinski definition) is 1. The summed E-state index contributed by atoms with van der Waals surface area (Å²) in [6.07, 6.45) is 2.30. The van der Waals surface area contributed by atoms with Crippen molar-refractivity contribution in [3.8, 4) is 0 Å². The SMILES string of the molecule is CCCN=C(NCC)NC1CC1c1ccccc1.I. The van der Waals surface area contributed by atoms with E-state index in [2.05, 4.69) is 59.8 Å². The lowest BCUT2D eigenvalue weighted by Crippen LogP contribution is -2.39. The summed E-state index contributed by atoms with van der Waals surface area (Å²) in [4.78, 5) is 4.53. The van der Waals surface area contributed by atoms with E-state index in [1.165, 1.54) is 12.0 Å². The number of nitrogens with zero attached hydrogens (tertiary/aromatic N) is 1. The van der Waals surface area contributed by atoms with Crippen LogP contribution >= 0.6 is 24.0 Å². The molecule has 3 nitrogen and oxygen atoms in total. The minimum atomic E-state index is 0. The first-order chi connectivity index (χ1) is 8.85. The van der Waals surface area contributed by atoms with Crippen molar-refractivity contribution in [3.05, 3.63) is 35.9 Å². The predicted octanol–water partition coefficient (Wildman–Crippen LogP) is 3.13. The van der Waals surface area contributed by atoms with E-state index in [4.69, 9.17) is 0 Å². The first-order valence-electron chi connectivity index (χ1n) is 6.95. The van der Waals surface area contributed by atoms with Gasteiger partial charge in [-0.05, 0) is 25.3 Å². The van der Waals surface area contributed by atoms with E-state index in [1.54, 1.807) is 0 Å². The molecule has 0 spiro atoms. The lowest BCUT2D eigenvalue weighted by atomic mass is 10.1. The van der Waals surface area contributed by atoms with Crippen molar-refractivity contribution in [2.75, 3.05) is 13.1 Å². The van der Waals surface area contributed by atoms with Crippen LogP contribution in [0.1, 0.15) is 38.2 Å². The minimum absolute atomic E-state index is 0. The van der Waals surface area contributed by atoms with Crippen LogP contribution in [-0.4, -0.2) is 25.1 Å². The molecule has 0 aromatic heterocycles. The zero-order valence-electron chi connectivity index (χ0n) is 11.7. The van der Waals surface area contributed by atoms with Gasteiger partial charge in [-0.2, -0.15) is 0 Å². The second-order valence-corrected chi connectivity index (χ2v) is 4.76. The first-order valence-corrected chi connectivity index (χ1v) is 6.95. The molecular weight excluding hydrogens is 349 g/mol. The summed E-state index contributed by atoms with van der Waals surface area (Å²) in [5.41, 5.74) is 1.43. The van der Waals surface area contributed by atoms with Crippen LogP contribution in [0, 0.1) is 0 Å². The predicted molar refractivity (Wildman–Crippen MR) is 92.4 cm³/mol. The summed E-state index contributed by atoms with van der Waals surface area (Å²) < 4.78 is 0. The molecule has 1 aromatic carbocycles. The van der Waals surface area contributed by atoms with Crippen LogP contribution < -0.4 is 10.6 Å². The van der Waals surface area contributed by atoms with Crippen molar-refractivity contribution in [3.63, 3.8) is 0 Å². The summed E-state index contributed by atoms with van der Waals surface area (Å²) in [5, 5.41) is 6.81. The van der Waals surface area contributed by atoms with Crippen LogP contribution in [0.25, 0.3) is 0 Å². The van der Waals surface area contributed by atoms with E-state index in [0.29, 0.717) is 12.0 Å². The molecule has 2 unspecified atom stereocenters. The molecular formula is C15H24IN3. The number of rotatable bonds is 5. The molecule has 2 N–H and O–H groups in total. The topological polar surface area (TPSA) is 36.4 Å². The van der Waals surface area contributed by atoms with Crippen molar-refractivity contribution < 1.29 is 0 Å². The van der Waals surface area contributed by atoms with Crippen LogP contribution in [0.15, 0.2) is 35.3 Å². The second kappa shape index (κ2) is 8.40. The highest BCUT2D eigenvalue weighted by Gasteiger charge is 2.38. The van der Waals surface area contributed by atoms with Crippen LogP contribution in [0.2, 0.25) is 0 Å². The van der Waals surface area contributed by atoms with Crippen molar-refractivity contribution in [1.82, 2.24) is 10.6 Å². The van der Waals surface area contributed by atoms with E-state index >= 15 is 0 Å². The van der Waals surface area contributed by atoms with Crippen molar-refractivity contribution in [2.45, 2.75) is 38.6 Å². The van der Waals surface area contributed by atoms with E-state index in [9.17, 15) is 0 Å². The summed E-state index contributed by atoms with van der Waals surface area (Å²) in [5.74, 6) is 1.61. The van der Waals surface area contributed by atoms with Crippen LogP contribution in [-0.2, 0) is 0 Å². The van der Waals surface area contributed by atoms with Gasteiger partial charge < -0.3 is 10.6 Å². The number of aliphatic imine (C=N–C) groups is 1. The number of halogens is 1. The van der Waals surface area contributed by atoms with Gasteiger partial charge in [0.15, 0.2) is 5.96 Å². The van der Waals surface area contributed by atoms with Crippen molar-refractivity contribution in [1.29, 1.82) is 0 Å². The Bertz CT molecular complexity index is 392. The maximum absolute atomic E-state index is 4.53. The van der Waals surface area contributed by atoms with Gasteiger partial charge in [0.1, 0.15) is 0 Å². The van der Waals surface area contributed by atoms with Gasteiger partial charge in [0, 0.05) is 25.0 Å². The highest BCUT2D eigenvalue weighted by molar-refractivity contribution is 14.0. The maximum atomic E-state index is 4.53. The van der Waals surface area contributed by atoms with Gasteiger partial charge >= 0.3 is 0 Å². The molecule has 1 saturated carbocycles. The summed E-state index contributed by atoms with van der Waals surface area (Å²) in [6.45, 7) is 6.05. The average molecular weight is 373 g/mol. The summed E-state index contributed by atoms with van der Waals surface area (Å²) in [6, 6.07) is 11.3. The van der Waals surface area contributed by atoms with Crippen molar-refractivity contribution in [2.24, 2.45) is 4.99 Å². The molecule has 1 aliphatic carbocycles. The normalized spacial score (nSPS) is 21.5. The molecule has 1 fully saturated rings. The molecule has 1 aliphatic rings. The Morgan fingerprint density at radius 3 is 2.63 bits per heavy atom. The Kier molecular flexibility index (Phi) is 7.20. The molecule has 0 aliphatic heterocycles. The average Bonchev–Trinajstić information content (AvgIpc) is 3.16. The Morgan fingerprint density at radius 1 is 1.26 bits per heavy atom. The van der Waals surface area contributed by atoms with Gasteiger partial charge in [-0.25, -0.2) is 0 Å². The zero-order chi connectivity index (χ0) is 12.8. The number of hydrogen-bond donors (Lipinski definition) is 2. The third-order valence-corrected chi connectivity index (χ3v) is 3.18. The minimum Gasteiger partial charge on any atom is -0.357 e. The molecule has 4 heteroatoms. The van der Waals surface area contributed by atoms with Gasteiger partial charge in [0.05, 0.1) is 0 Å². The number of nitrogens with one attached hydrogen (secondary N) is 2. The standard InChI is InChI=1S/C15H23N3.HI/c1-3-10-17-15(16-4-2)18-14-11-13(14)12-8-6-5-7-9-12;/h5-9,13-14H,3-4,10-11H2,1-2H3,(H2,16,17,18);1H. The Labute approximate surface area is 133 Å². The summed E-state index contributed by atoms with van der Waals surface area (Å²) in [7, 11) is 0. The Hall–Kier alpha value is -0.780. The maximum Gasteiger partial charge on any atom is 0.191 e. The third kappa shape index (κ3) is 5.01. The molecule has 0 radical (unpaired) electrons. The van der Waals surface area contributed by atoms with Gasteiger partial charge in [0.25, 0.3) is 0 Å². The lowest BCUT2D eigenvalue weighted by Gasteiger charge is -2.11. The van der Waals surface area contributed by atoms with Crippen LogP contribution in [0.3, 0.4) is 0 Å². The van der Waals surface area contributed by atoms with Gasteiger partial charge in [-0.1, -0.05) is 37.3 Å². The largest absolute Gasteiger partial charge is 0.357 e. The van der Waals surface area contributed by atoms with E-state index in [-0.39, 0.29) is 24.0 Å². The monoisotopic (exact) mass is 373 g/mol. The third-order valence-electron chi connectivity index (χ3n) is 3.18. The molecule has 0 heterocycles. The Morgan fingerprint density at radius 2 is 2.00 bits per heavy atom. The quantitative estimate of drug-likeness (QED) is 0.473. The molecule has 0 saturated heterocycles. The fraction of sp³-hybridized carbons (Fsp3) is 0.533. The molecule has 0 amide bonds. The van der Waals surface area contributed by atoms with Crippen LogP contribution in [0.5, 0.6) is 0 Å². The molecule has 106 valence electrons. The van der Waals surface area contributed by atoms with Gasteiger partial charge in [-0.15, -0.1) is 24.0 Å². The molecule has 1 aromatic rings. The van der Waals surface area contributed by atoms with Gasteiger partial charge in [-0.3, -0.25) is 4.99 Å². The molecule has 2 atom stereocenters.